The number of rotatable bonds is 6. The van der Waals surface area contributed by atoms with Crippen LogP contribution in [0.3, 0.4) is 0 Å². The zero-order chi connectivity index (χ0) is 20.3. The first kappa shape index (κ1) is 20.1. The number of carbonyl (C=O) groups is 3. The quantitative estimate of drug-likeness (QED) is 0.593. The number of hydrazine groups is 2. The topological polar surface area (TPSA) is 111 Å². The highest BCUT2D eigenvalue weighted by Crippen LogP contribution is 2.30. The third kappa shape index (κ3) is 4.44. The van der Waals surface area contributed by atoms with Crippen LogP contribution in [0.5, 0.6) is 0 Å². The summed E-state index contributed by atoms with van der Waals surface area (Å²) in [5.41, 5.74) is 7.39. The van der Waals surface area contributed by atoms with Crippen molar-refractivity contribution in [3.8, 4) is 0 Å². The largest absolute Gasteiger partial charge is 0.480 e. The second-order valence-electron chi connectivity index (χ2n) is 7.98. The van der Waals surface area contributed by atoms with Crippen molar-refractivity contribution >= 4 is 23.5 Å². The van der Waals surface area contributed by atoms with Crippen LogP contribution in [-0.4, -0.2) is 40.5 Å². The molecule has 1 aromatic rings. The Balaban J connectivity index is 1.50. The Labute approximate surface area is 164 Å². The maximum absolute atomic E-state index is 12.6. The van der Waals surface area contributed by atoms with Gasteiger partial charge in [0, 0.05) is 12.5 Å². The molecule has 3 rings (SSSR count). The van der Waals surface area contributed by atoms with Gasteiger partial charge < -0.3 is 15.8 Å². The lowest BCUT2D eigenvalue weighted by Crippen LogP contribution is -2.52. The molecule has 1 fully saturated rings. The molecule has 2 aliphatic rings. The number of aliphatic carboxylic acids is 1. The molecular formula is C20H28N4O4. The maximum Gasteiger partial charge on any atom is 0.326 e. The van der Waals surface area contributed by atoms with Gasteiger partial charge in [0.15, 0.2) is 0 Å². The summed E-state index contributed by atoms with van der Waals surface area (Å²) < 4.78 is 0. The van der Waals surface area contributed by atoms with Crippen molar-refractivity contribution in [1.82, 2.24) is 15.9 Å². The monoisotopic (exact) mass is 388 g/mol. The molecule has 8 heteroatoms. The summed E-state index contributed by atoms with van der Waals surface area (Å²) in [6, 6.07) is 6.51. The Hall–Kier alpha value is -2.61. The highest BCUT2D eigenvalue weighted by Gasteiger charge is 2.32. The van der Waals surface area contributed by atoms with Crippen molar-refractivity contribution in [2.75, 3.05) is 12.0 Å². The van der Waals surface area contributed by atoms with Gasteiger partial charge in [0.2, 0.25) is 5.91 Å². The normalized spacial score (nSPS) is 23.0. The zero-order valence-electron chi connectivity index (χ0n) is 16.3. The van der Waals surface area contributed by atoms with Crippen LogP contribution in [0.25, 0.3) is 0 Å². The van der Waals surface area contributed by atoms with Crippen molar-refractivity contribution in [2.24, 2.45) is 17.8 Å². The van der Waals surface area contributed by atoms with Crippen LogP contribution < -0.4 is 16.3 Å². The van der Waals surface area contributed by atoms with Gasteiger partial charge in [-0.05, 0) is 49.7 Å². The van der Waals surface area contributed by atoms with E-state index in [0.717, 1.165) is 18.5 Å². The standard InChI is InChI=1S/C20H28N4O4/c1-12(2)17(20(27)28)21-18(25)14-9-7-13(8-10-14)11-24-19(26)15-5-3-4-6-16(15)22-23-24/h3-6,12-14,17,22-23H,7-11H2,1-2H3,(H,21,25)(H,27,28)/t13?,14?,17-/m1/s1. The molecule has 0 spiro atoms. The van der Waals surface area contributed by atoms with E-state index in [9.17, 15) is 19.5 Å². The molecule has 0 bridgehead atoms. The molecule has 4 N–H and O–H groups in total. The van der Waals surface area contributed by atoms with E-state index in [2.05, 4.69) is 16.3 Å². The Morgan fingerprint density at radius 1 is 1.21 bits per heavy atom. The van der Waals surface area contributed by atoms with E-state index in [1.807, 2.05) is 18.2 Å². The first-order chi connectivity index (χ1) is 13.4. The van der Waals surface area contributed by atoms with E-state index in [4.69, 9.17) is 0 Å². The molecule has 1 aliphatic heterocycles. The molecular weight excluding hydrogens is 360 g/mol. The van der Waals surface area contributed by atoms with E-state index in [1.165, 1.54) is 0 Å². The third-order valence-electron chi connectivity index (χ3n) is 5.62. The summed E-state index contributed by atoms with van der Waals surface area (Å²) in [5.74, 6) is -1.27. The Kier molecular flexibility index (Phi) is 6.18. The van der Waals surface area contributed by atoms with E-state index < -0.39 is 12.0 Å². The van der Waals surface area contributed by atoms with E-state index in [-0.39, 0.29) is 23.7 Å². The van der Waals surface area contributed by atoms with Gasteiger partial charge in [-0.1, -0.05) is 26.0 Å². The molecule has 1 atom stereocenters. The summed E-state index contributed by atoms with van der Waals surface area (Å²) in [7, 11) is 0. The number of para-hydroxylation sites is 1. The number of amides is 2. The Bertz CT molecular complexity index is 743. The second-order valence-corrected chi connectivity index (χ2v) is 7.98. The molecule has 2 amide bonds. The van der Waals surface area contributed by atoms with Crippen LogP contribution in [0, 0.1) is 17.8 Å². The van der Waals surface area contributed by atoms with Crippen molar-refractivity contribution in [3.63, 3.8) is 0 Å². The first-order valence-electron chi connectivity index (χ1n) is 9.82. The minimum Gasteiger partial charge on any atom is -0.480 e. The van der Waals surface area contributed by atoms with Crippen molar-refractivity contribution < 1.29 is 19.5 Å². The van der Waals surface area contributed by atoms with Crippen LogP contribution in [0.15, 0.2) is 24.3 Å². The molecule has 1 aliphatic carbocycles. The zero-order valence-corrected chi connectivity index (χ0v) is 16.3. The number of anilines is 1. The van der Waals surface area contributed by atoms with Gasteiger partial charge in [0.05, 0.1) is 11.3 Å². The summed E-state index contributed by atoms with van der Waals surface area (Å²) in [5, 5.41) is 13.5. The third-order valence-corrected chi connectivity index (χ3v) is 5.62. The van der Waals surface area contributed by atoms with Gasteiger partial charge in [-0.25, -0.2) is 4.79 Å². The summed E-state index contributed by atoms with van der Waals surface area (Å²) in [4.78, 5) is 36.3. The number of benzene rings is 1. The van der Waals surface area contributed by atoms with E-state index in [1.54, 1.807) is 24.9 Å². The number of carbonyl (C=O) groups excluding carboxylic acids is 2. The molecule has 0 unspecified atom stereocenters. The van der Waals surface area contributed by atoms with Crippen LogP contribution in [0.2, 0.25) is 0 Å². The lowest BCUT2D eigenvalue weighted by atomic mass is 9.81. The molecule has 8 nitrogen and oxygen atoms in total. The molecule has 1 saturated carbocycles. The number of hydrogen-bond acceptors (Lipinski definition) is 5. The average molecular weight is 388 g/mol. The SMILES string of the molecule is CC(C)[C@@H](NC(=O)C1CCC(CN2NNc3ccccc3C2=O)CC1)C(=O)O. The highest BCUT2D eigenvalue weighted by atomic mass is 16.4. The van der Waals surface area contributed by atoms with Gasteiger partial charge in [0.1, 0.15) is 6.04 Å². The van der Waals surface area contributed by atoms with Crippen LogP contribution in [0.4, 0.5) is 5.69 Å². The Morgan fingerprint density at radius 3 is 2.54 bits per heavy atom. The molecule has 152 valence electrons. The van der Waals surface area contributed by atoms with E-state index in [0.29, 0.717) is 30.9 Å². The summed E-state index contributed by atoms with van der Waals surface area (Å²) in [6.07, 6.45) is 3.05. The number of fused-ring (bicyclic) bond motifs is 1. The molecule has 28 heavy (non-hydrogen) atoms. The molecule has 1 heterocycles. The number of nitrogens with zero attached hydrogens (tertiary/aromatic N) is 1. The van der Waals surface area contributed by atoms with Gasteiger partial charge in [-0.2, -0.15) is 0 Å². The maximum atomic E-state index is 12.6. The van der Waals surface area contributed by atoms with Gasteiger partial charge in [-0.3, -0.25) is 14.6 Å². The van der Waals surface area contributed by atoms with Crippen molar-refractivity contribution in [2.45, 2.75) is 45.6 Å². The van der Waals surface area contributed by atoms with Crippen LogP contribution in [0.1, 0.15) is 49.9 Å². The number of carboxylic acids is 1. The molecule has 0 saturated heterocycles. The van der Waals surface area contributed by atoms with Crippen LogP contribution in [-0.2, 0) is 9.59 Å². The smallest absolute Gasteiger partial charge is 0.326 e. The fourth-order valence-corrected chi connectivity index (χ4v) is 3.88. The lowest BCUT2D eigenvalue weighted by molar-refractivity contribution is -0.144. The summed E-state index contributed by atoms with van der Waals surface area (Å²) >= 11 is 0. The molecule has 0 radical (unpaired) electrons. The van der Waals surface area contributed by atoms with Crippen molar-refractivity contribution in [1.29, 1.82) is 0 Å². The molecule has 0 aromatic heterocycles. The van der Waals surface area contributed by atoms with Gasteiger partial charge in [-0.15, -0.1) is 5.53 Å². The number of nitrogens with one attached hydrogen (secondary N) is 3. The second kappa shape index (κ2) is 8.60. The highest BCUT2D eigenvalue weighted by molar-refractivity contribution is 6.00. The van der Waals surface area contributed by atoms with Gasteiger partial charge in [0.25, 0.3) is 5.91 Å². The summed E-state index contributed by atoms with van der Waals surface area (Å²) in [6.45, 7) is 4.13. The van der Waals surface area contributed by atoms with Crippen molar-refractivity contribution in [3.05, 3.63) is 29.8 Å². The molecule has 1 aromatic carbocycles. The van der Waals surface area contributed by atoms with E-state index >= 15 is 0 Å². The minimum atomic E-state index is -1.00. The fourth-order valence-electron chi connectivity index (χ4n) is 3.88. The minimum absolute atomic E-state index is 0.0598. The lowest BCUT2D eigenvalue weighted by Gasteiger charge is -2.35. The average Bonchev–Trinajstić information content (AvgIpc) is 2.68. The predicted molar refractivity (Wildman–Crippen MR) is 104 cm³/mol. The number of carboxylic acid groups (broad SMARTS) is 1. The predicted octanol–water partition coefficient (Wildman–Crippen LogP) is 2.01. The fraction of sp³-hybridized carbons (Fsp3) is 0.550. The van der Waals surface area contributed by atoms with Crippen LogP contribution >= 0.6 is 0 Å². The first-order valence-corrected chi connectivity index (χ1v) is 9.82. The Morgan fingerprint density at radius 2 is 1.89 bits per heavy atom. The van der Waals surface area contributed by atoms with Gasteiger partial charge >= 0.3 is 5.97 Å². The number of hydrogen-bond donors (Lipinski definition) is 4.